The van der Waals surface area contributed by atoms with E-state index in [9.17, 15) is 31.5 Å². The Labute approximate surface area is 228 Å². The number of methoxy groups -OCH3 is 1. The van der Waals surface area contributed by atoms with Gasteiger partial charge in [-0.15, -0.1) is 0 Å². The number of carbonyl (C=O) groups excluding carboxylic acids is 2. The molecule has 1 saturated carbocycles. The maximum atomic E-state index is 13.2. The van der Waals surface area contributed by atoms with E-state index in [4.69, 9.17) is 9.47 Å². The summed E-state index contributed by atoms with van der Waals surface area (Å²) in [4.78, 5) is 24.3. The zero-order valence-electron chi connectivity index (χ0n) is 22.1. The molecule has 40 heavy (non-hydrogen) atoms. The number of ether oxygens (including phenoxy) is 2. The second-order valence-electron chi connectivity index (χ2n) is 9.86. The van der Waals surface area contributed by atoms with E-state index in [0.29, 0.717) is 29.2 Å². The molecule has 12 heteroatoms. The number of hydrazone groups is 1. The summed E-state index contributed by atoms with van der Waals surface area (Å²) in [5.74, 6) is -7.13. The first kappa shape index (κ1) is 29.3. The van der Waals surface area contributed by atoms with Gasteiger partial charge in [0.2, 0.25) is 5.91 Å². The number of rotatable bonds is 9. The average Bonchev–Trinajstić information content (AvgIpc) is 3.43. The van der Waals surface area contributed by atoms with E-state index in [2.05, 4.69) is 5.10 Å². The minimum absolute atomic E-state index is 0.0350. The Bertz CT molecular complexity index is 1260. The summed E-state index contributed by atoms with van der Waals surface area (Å²) in [5, 5.41) is 7.52. The Morgan fingerprint density at radius 2 is 1.73 bits per heavy atom. The summed E-state index contributed by atoms with van der Waals surface area (Å²) in [6.07, 6.45) is -0.816. The molecule has 4 rings (SSSR count). The Morgan fingerprint density at radius 1 is 1.05 bits per heavy atom. The molecule has 0 spiro atoms. The zero-order chi connectivity index (χ0) is 29.1. The molecule has 216 valence electrons. The van der Waals surface area contributed by atoms with Gasteiger partial charge < -0.3 is 14.8 Å². The summed E-state index contributed by atoms with van der Waals surface area (Å²) in [6, 6.07) is 10.7. The molecule has 0 aromatic heterocycles. The summed E-state index contributed by atoms with van der Waals surface area (Å²) in [7, 11) is 1.57. The number of anilines is 1. The lowest BCUT2D eigenvalue weighted by Gasteiger charge is -2.29. The normalized spacial score (nSPS) is 18.5. The number of nitrogens with one attached hydrogen (secondary N) is 1. The highest BCUT2D eigenvalue weighted by atomic mass is 19.4. The van der Waals surface area contributed by atoms with Crippen molar-refractivity contribution in [1.29, 1.82) is 0 Å². The Balaban J connectivity index is 1.53. The molecule has 2 amide bonds. The van der Waals surface area contributed by atoms with Crippen molar-refractivity contribution in [1.82, 2.24) is 5.01 Å². The Hall–Kier alpha value is -3.70. The summed E-state index contributed by atoms with van der Waals surface area (Å²) in [6.45, 7) is 2.01. The van der Waals surface area contributed by atoms with Crippen molar-refractivity contribution < 1.29 is 41.0 Å². The van der Waals surface area contributed by atoms with Gasteiger partial charge >= 0.3 is 18.0 Å². The second-order valence-corrected chi connectivity index (χ2v) is 9.86. The van der Waals surface area contributed by atoms with Crippen LogP contribution in [0.4, 0.5) is 27.6 Å². The minimum atomic E-state index is -6.01. The largest absolute Gasteiger partial charge is 0.493 e. The number of hydrogen-bond donors (Lipinski definition) is 1. The summed E-state index contributed by atoms with van der Waals surface area (Å²) < 4.78 is 75.5. The van der Waals surface area contributed by atoms with Crippen LogP contribution >= 0.6 is 0 Å². The third-order valence-electron chi connectivity index (χ3n) is 7.06. The molecule has 7 nitrogen and oxygen atoms in total. The van der Waals surface area contributed by atoms with Crippen molar-refractivity contribution in [2.45, 2.75) is 70.2 Å². The van der Waals surface area contributed by atoms with E-state index in [1.54, 1.807) is 12.4 Å². The molecule has 1 aliphatic heterocycles. The van der Waals surface area contributed by atoms with Gasteiger partial charge in [0.25, 0.3) is 0 Å². The third kappa shape index (κ3) is 6.37. The van der Waals surface area contributed by atoms with E-state index in [1.807, 2.05) is 25.1 Å². The zero-order valence-corrected chi connectivity index (χ0v) is 22.1. The monoisotopic (exact) mass is 567 g/mol. The highest BCUT2D eigenvalue weighted by molar-refractivity contribution is 6.06. The van der Waals surface area contributed by atoms with Crippen molar-refractivity contribution in [2.75, 3.05) is 12.4 Å². The minimum Gasteiger partial charge on any atom is -0.493 e. The lowest BCUT2D eigenvalue weighted by atomic mass is 9.89. The highest BCUT2D eigenvalue weighted by Crippen LogP contribution is 2.37. The van der Waals surface area contributed by atoms with Crippen LogP contribution in [0.25, 0.3) is 0 Å². The predicted molar refractivity (Wildman–Crippen MR) is 137 cm³/mol. The lowest BCUT2D eigenvalue weighted by Crippen LogP contribution is -2.47. The van der Waals surface area contributed by atoms with E-state index < -0.39 is 18.0 Å². The van der Waals surface area contributed by atoms with Crippen LogP contribution in [0.3, 0.4) is 0 Å². The third-order valence-corrected chi connectivity index (χ3v) is 7.06. The number of amides is 2. The molecule has 2 aromatic rings. The first-order chi connectivity index (χ1) is 18.9. The highest BCUT2D eigenvalue weighted by Gasteiger charge is 2.63. The van der Waals surface area contributed by atoms with E-state index in [1.165, 1.54) is 29.3 Å². The number of alkyl halides is 5. The van der Waals surface area contributed by atoms with Crippen LogP contribution in [0.2, 0.25) is 0 Å². The van der Waals surface area contributed by atoms with Crippen molar-refractivity contribution in [2.24, 2.45) is 11.0 Å². The van der Waals surface area contributed by atoms with Gasteiger partial charge in [-0.1, -0.05) is 19.1 Å². The number of carbonyl (C=O) groups is 2. The van der Waals surface area contributed by atoms with Crippen LogP contribution in [-0.2, 0) is 16.1 Å². The molecule has 1 N–H and O–H groups in total. The summed E-state index contributed by atoms with van der Waals surface area (Å²) in [5.41, 5.74) is 1.79. The fraction of sp³-hybridized carbons (Fsp3) is 0.464. The number of halogens is 5. The van der Waals surface area contributed by atoms with Crippen LogP contribution in [0.15, 0.2) is 47.6 Å². The van der Waals surface area contributed by atoms with Gasteiger partial charge in [0, 0.05) is 23.6 Å². The fourth-order valence-corrected chi connectivity index (χ4v) is 4.75. The number of hydrogen-bond acceptors (Lipinski definition) is 5. The van der Waals surface area contributed by atoms with Crippen LogP contribution in [-0.4, -0.2) is 47.8 Å². The first-order valence-electron chi connectivity index (χ1n) is 13.0. The number of nitrogens with zero attached hydrogens (tertiary/aromatic N) is 2. The maximum absolute atomic E-state index is 13.2. The predicted octanol–water partition coefficient (Wildman–Crippen LogP) is 6.32. The van der Waals surface area contributed by atoms with Gasteiger partial charge in [-0.3, -0.25) is 9.59 Å². The molecule has 1 heterocycles. The molecule has 0 radical (unpaired) electrons. The fourth-order valence-electron chi connectivity index (χ4n) is 4.75. The smallest absolute Gasteiger partial charge is 0.463 e. The van der Waals surface area contributed by atoms with Gasteiger partial charge in [-0.05, 0) is 68.0 Å². The number of benzene rings is 2. The van der Waals surface area contributed by atoms with Crippen molar-refractivity contribution in [3.63, 3.8) is 0 Å². The van der Waals surface area contributed by atoms with Gasteiger partial charge in [-0.25, -0.2) is 5.01 Å². The quantitative estimate of drug-likeness (QED) is 0.360. The van der Waals surface area contributed by atoms with Gasteiger partial charge in [0.1, 0.15) is 0 Å². The van der Waals surface area contributed by atoms with E-state index >= 15 is 0 Å². The van der Waals surface area contributed by atoms with Gasteiger partial charge in [-0.2, -0.15) is 27.1 Å². The SMILES string of the molecule is CCC1CC(=O)N(Cc2ccc(NC(=O)C(F)(F)C(F)(F)F)cc2)N=C1c1ccc(OC)c(OC2CCCC2)c1. The maximum Gasteiger partial charge on any atom is 0.463 e. The molecule has 0 saturated heterocycles. The second kappa shape index (κ2) is 11.8. The molecule has 1 atom stereocenters. The topological polar surface area (TPSA) is 80.2 Å². The Morgan fingerprint density at radius 3 is 2.33 bits per heavy atom. The molecule has 1 fully saturated rings. The van der Waals surface area contributed by atoms with Crippen molar-refractivity contribution >= 4 is 23.2 Å². The van der Waals surface area contributed by atoms with Crippen molar-refractivity contribution in [3.8, 4) is 11.5 Å². The molecule has 1 unspecified atom stereocenters. The summed E-state index contributed by atoms with van der Waals surface area (Å²) >= 11 is 0. The first-order valence-corrected chi connectivity index (χ1v) is 13.0. The molecule has 2 aliphatic rings. The average molecular weight is 568 g/mol. The van der Waals surface area contributed by atoms with Crippen LogP contribution in [0, 0.1) is 5.92 Å². The molecule has 1 aliphatic carbocycles. The molecule has 2 aromatic carbocycles. The molecule has 0 bridgehead atoms. The van der Waals surface area contributed by atoms with E-state index in [-0.39, 0.29) is 36.6 Å². The van der Waals surface area contributed by atoms with Crippen LogP contribution in [0.5, 0.6) is 11.5 Å². The van der Waals surface area contributed by atoms with Gasteiger partial charge in [0.15, 0.2) is 11.5 Å². The van der Waals surface area contributed by atoms with Gasteiger partial charge in [0.05, 0.1) is 25.5 Å². The lowest BCUT2D eigenvalue weighted by molar-refractivity contribution is -0.267. The Kier molecular flexibility index (Phi) is 8.65. The van der Waals surface area contributed by atoms with Crippen LogP contribution in [0.1, 0.15) is 56.6 Å². The molecular formula is C28H30F5N3O4. The molecular weight excluding hydrogens is 537 g/mol. The standard InChI is InChI=1S/C28H30F5N3O4/c1-3-18-15-24(37)36(16-17-8-11-20(12-9-17)34-26(38)27(29,30)28(31,32)33)35-25(18)19-10-13-22(39-2)23(14-19)40-21-6-4-5-7-21/h8-14,18,21H,3-7,15-16H2,1-2H3,(H,34,38). The van der Waals surface area contributed by atoms with E-state index in [0.717, 1.165) is 31.2 Å². The van der Waals surface area contributed by atoms with Crippen LogP contribution < -0.4 is 14.8 Å². The van der Waals surface area contributed by atoms with Crippen molar-refractivity contribution in [3.05, 3.63) is 53.6 Å².